The van der Waals surface area contributed by atoms with E-state index in [-0.39, 0.29) is 17.7 Å². The Labute approximate surface area is 161 Å². The molecule has 0 radical (unpaired) electrons. The van der Waals surface area contributed by atoms with Crippen molar-refractivity contribution in [1.29, 1.82) is 0 Å². The molecule has 0 aliphatic heterocycles. The predicted octanol–water partition coefficient (Wildman–Crippen LogP) is 4.31. The summed E-state index contributed by atoms with van der Waals surface area (Å²) < 4.78 is 5.30. The minimum atomic E-state index is -0.0399. The van der Waals surface area contributed by atoms with Gasteiger partial charge < -0.3 is 10.1 Å². The number of benzene rings is 2. The van der Waals surface area contributed by atoms with Crippen LogP contribution in [0.2, 0.25) is 0 Å². The van der Waals surface area contributed by atoms with Gasteiger partial charge in [0.2, 0.25) is 5.91 Å². The topological polar surface area (TPSA) is 58.6 Å². The standard InChI is InChI=1S/C22H28N2O3/c1-5-24(16(2)19-7-6-8-21(15-19)27-4)14-13-22(26)23-20-11-9-18(10-12-20)17(3)25/h6-12,15-16H,5,13-14H2,1-4H3,(H,23,26). The third-order valence-corrected chi connectivity index (χ3v) is 4.73. The first-order chi connectivity index (χ1) is 12.9. The van der Waals surface area contributed by atoms with Crippen molar-refractivity contribution in [2.45, 2.75) is 33.2 Å². The second kappa shape index (κ2) is 9.88. The molecule has 0 aromatic heterocycles. The SMILES string of the molecule is CCN(CCC(=O)Nc1ccc(C(C)=O)cc1)C(C)c1cccc(OC)c1. The Morgan fingerprint density at radius 2 is 1.85 bits per heavy atom. The summed E-state index contributed by atoms with van der Waals surface area (Å²) in [4.78, 5) is 25.9. The van der Waals surface area contributed by atoms with E-state index in [1.807, 2.05) is 18.2 Å². The van der Waals surface area contributed by atoms with Crippen LogP contribution in [0.1, 0.15) is 49.2 Å². The van der Waals surface area contributed by atoms with Crippen LogP contribution in [0.25, 0.3) is 0 Å². The average molecular weight is 368 g/mol. The van der Waals surface area contributed by atoms with Crippen LogP contribution < -0.4 is 10.1 Å². The number of ether oxygens (including phenoxy) is 1. The molecular formula is C22H28N2O3. The third-order valence-electron chi connectivity index (χ3n) is 4.73. The maximum absolute atomic E-state index is 12.3. The Hall–Kier alpha value is -2.66. The van der Waals surface area contributed by atoms with Gasteiger partial charge >= 0.3 is 0 Å². The van der Waals surface area contributed by atoms with Gasteiger partial charge in [-0.1, -0.05) is 19.1 Å². The number of ketones is 1. The van der Waals surface area contributed by atoms with Gasteiger partial charge in [0.15, 0.2) is 5.78 Å². The van der Waals surface area contributed by atoms with Crippen molar-refractivity contribution in [3.63, 3.8) is 0 Å². The Balaban J connectivity index is 1.92. The van der Waals surface area contributed by atoms with Crippen molar-refractivity contribution in [1.82, 2.24) is 4.90 Å². The molecule has 1 N–H and O–H groups in total. The first-order valence-corrected chi connectivity index (χ1v) is 9.23. The van der Waals surface area contributed by atoms with Gasteiger partial charge in [0.25, 0.3) is 0 Å². The number of nitrogens with zero attached hydrogens (tertiary/aromatic N) is 1. The molecule has 2 rings (SSSR count). The summed E-state index contributed by atoms with van der Waals surface area (Å²) in [6.07, 6.45) is 0.399. The minimum absolute atomic E-state index is 0.0120. The maximum Gasteiger partial charge on any atom is 0.225 e. The van der Waals surface area contributed by atoms with Gasteiger partial charge in [-0.25, -0.2) is 0 Å². The molecule has 0 bridgehead atoms. The lowest BCUT2D eigenvalue weighted by Gasteiger charge is -2.28. The Bertz CT molecular complexity index is 771. The molecule has 0 aliphatic carbocycles. The lowest BCUT2D eigenvalue weighted by molar-refractivity contribution is -0.116. The van der Waals surface area contributed by atoms with Crippen LogP contribution in [0.4, 0.5) is 5.69 Å². The van der Waals surface area contributed by atoms with Gasteiger partial charge in [0, 0.05) is 30.3 Å². The lowest BCUT2D eigenvalue weighted by Crippen LogP contribution is -2.30. The maximum atomic E-state index is 12.3. The minimum Gasteiger partial charge on any atom is -0.497 e. The molecule has 2 aromatic carbocycles. The molecule has 1 unspecified atom stereocenters. The molecule has 0 spiro atoms. The fraction of sp³-hybridized carbons (Fsp3) is 0.364. The number of amides is 1. The number of hydrogen-bond donors (Lipinski definition) is 1. The lowest BCUT2D eigenvalue weighted by atomic mass is 10.1. The Morgan fingerprint density at radius 3 is 2.44 bits per heavy atom. The molecular weight excluding hydrogens is 340 g/mol. The van der Waals surface area contributed by atoms with E-state index >= 15 is 0 Å². The zero-order valence-corrected chi connectivity index (χ0v) is 16.5. The fourth-order valence-electron chi connectivity index (χ4n) is 2.99. The van der Waals surface area contributed by atoms with E-state index in [1.165, 1.54) is 6.92 Å². The molecule has 0 heterocycles. The highest BCUT2D eigenvalue weighted by Gasteiger charge is 2.16. The summed E-state index contributed by atoms with van der Waals surface area (Å²) in [5.41, 5.74) is 2.50. The molecule has 5 heteroatoms. The zero-order chi connectivity index (χ0) is 19.8. The molecule has 1 amide bonds. The van der Waals surface area contributed by atoms with Gasteiger partial charge in [-0.15, -0.1) is 0 Å². The van der Waals surface area contributed by atoms with Crippen LogP contribution in [-0.2, 0) is 4.79 Å². The molecule has 144 valence electrons. The first kappa shape index (κ1) is 20.6. The van der Waals surface area contributed by atoms with Crippen LogP contribution in [0.15, 0.2) is 48.5 Å². The van der Waals surface area contributed by atoms with Gasteiger partial charge in [0.05, 0.1) is 7.11 Å². The van der Waals surface area contributed by atoms with Crippen LogP contribution in [0, 0.1) is 0 Å². The number of rotatable bonds is 9. The van der Waals surface area contributed by atoms with E-state index in [0.29, 0.717) is 24.2 Å². The second-order valence-corrected chi connectivity index (χ2v) is 6.51. The highest BCUT2D eigenvalue weighted by Crippen LogP contribution is 2.24. The molecule has 27 heavy (non-hydrogen) atoms. The molecule has 0 saturated carbocycles. The summed E-state index contributed by atoms with van der Waals surface area (Å²) in [5.74, 6) is 0.807. The van der Waals surface area contributed by atoms with Crippen LogP contribution in [0.3, 0.4) is 0 Å². The van der Waals surface area contributed by atoms with Crippen molar-refractivity contribution < 1.29 is 14.3 Å². The van der Waals surface area contributed by atoms with Crippen molar-refractivity contribution in [2.24, 2.45) is 0 Å². The average Bonchev–Trinajstić information content (AvgIpc) is 2.68. The number of nitrogens with one attached hydrogen (secondary N) is 1. The quantitative estimate of drug-likeness (QED) is 0.670. The van der Waals surface area contributed by atoms with Gasteiger partial charge in [0.1, 0.15) is 5.75 Å². The summed E-state index contributed by atoms with van der Waals surface area (Å²) in [5, 5.41) is 2.89. The molecule has 0 fully saturated rings. The van der Waals surface area contributed by atoms with Crippen LogP contribution >= 0.6 is 0 Å². The van der Waals surface area contributed by atoms with E-state index in [4.69, 9.17) is 4.74 Å². The van der Waals surface area contributed by atoms with Crippen molar-refractivity contribution in [3.8, 4) is 5.75 Å². The van der Waals surface area contributed by atoms with Crippen molar-refractivity contribution in [3.05, 3.63) is 59.7 Å². The molecule has 0 aliphatic rings. The molecule has 1 atom stereocenters. The monoisotopic (exact) mass is 368 g/mol. The second-order valence-electron chi connectivity index (χ2n) is 6.51. The highest BCUT2D eigenvalue weighted by molar-refractivity contribution is 5.95. The molecule has 2 aromatic rings. The Morgan fingerprint density at radius 1 is 1.15 bits per heavy atom. The zero-order valence-electron chi connectivity index (χ0n) is 16.5. The summed E-state index contributed by atoms with van der Waals surface area (Å²) in [6, 6.07) is 15.2. The summed E-state index contributed by atoms with van der Waals surface area (Å²) in [7, 11) is 1.66. The summed E-state index contributed by atoms with van der Waals surface area (Å²) in [6.45, 7) is 7.26. The number of methoxy groups -OCH3 is 1. The highest BCUT2D eigenvalue weighted by atomic mass is 16.5. The number of carbonyl (C=O) groups excluding carboxylic acids is 2. The summed E-state index contributed by atoms with van der Waals surface area (Å²) >= 11 is 0. The van der Waals surface area contributed by atoms with Crippen LogP contribution in [-0.4, -0.2) is 36.8 Å². The van der Waals surface area contributed by atoms with Gasteiger partial charge in [-0.3, -0.25) is 14.5 Å². The van der Waals surface area contributed by atoms with E-state index < -0.39 is 0 Å². The van der Waals surface area contributed by atoms with Gasteiger partial charge in [-0.2, -0.15) is 0 Å². The molecule has 0 saturated heterocycles. The number of anilines is 1. The first-order valence-electron chi connectivity index (χ1n) is 9.23. The van der Waals surface area contributed by atoms with Crippen LogP contribution in [0.5, 0.6) is 5.75 Å². The smallest absolute Gasteiger partial charge is 0.225 e. The number of Topliss-reactive ketones (excluding diaryl/α,β-unsaturated/α-hetero) is 1. The van der Waals surface area contributed by atoms with Gasteiger partial charge in [-0.05, 0) is 62.4 Å². The van der Waals surface area contributed by atoms with E-state index in [9.17, 15) is 9.59 Å². The molecule has 5 nitrogen and oxygen atoms in total. The normalized spacial score (nSPS) is 11.9. The predicted molar refractivity (Wildman–Crippen MR) is 108 cm³/mol. The largest absolute Gasteiger partial charge is 0.497 e. The van der Waals surface area contributed by atoms with E-state index in [2.05, 4.69) is 30.1 Å². The van der Waals surface area contributed by atoms with E-state index in [0.717, 1.165) is 17.9 Å². The van der Waals surface area contributed by atoms with Crippen molar-refractivity contribution in [2.75, 3.05) is 25.5 Å². The van der Waals surface area contributed by atoms with Crippen molar-refractivity contribution >= 4 is 17.4 Å². The third kappa shape index (κ3) is 5.93. The van der Waals surface area contributed by atoms with E-state index in [1.54, 1.807) is 31.4 Å². The number of carbonyl (C=O) groups is 2. The fourth-order valence-corrected chi connectivity index (χ4v) is 2.99. The number of hydrogen-bond acceptors (Lipinski definition) is 4. The Kier molecular flexibility index (Phi) is 7.55.